The lowest BCUT2D eigenvalue weighted by Gasteiger charge is -2.09. The summed E-state index contributed by atoms with van der Waals surface area (Å²) in [6, 6.07) is 11.1. The minimum absolute atomic E-state index is 0.597. The highest BCUT2D eigenvalue weighted by molar-refractivity contribution is 5.68. The summed E-state index contributed by atoms with van der Waals surface area (Å²) in [5, 5.41) is 0. The molecular weight excluding hydrogens is 212 g/mol. The molecule has 8 N–H and O–H groups in total. The van der Waals surface area contributed by atoms with Gasteiger partial charge in [0.25, 0.3) is 0 Å². The fourth-order valence-corrected chi connectivity index (χ4v) is 1.85. The monoisotopic (exact) mass is 228 g/mol. The molecule has 0 unspecified atom stereocenters. The van der Waals surface area contributed by atoms with E-state index in [1.54, 1.807) is 12.1 Å². The fraction of sp³-hybridized carbons (Fsp3) is 0.0769. The van der Waals surface area contributed by atoms with Crippen LogP contribution in [0, 0.1) is 0 Å². The SMILES string of the molecule is Nc1cc(N)cc(Cc2cccc(N)c2N)c1. The van der Waals surface area contributed by atoms with Gasteiger partial charge >= 0.3 is 0 Å². The molecule has 0 saturated heterocycles. The number of nitrogens with two attached hydrogens (primary N) is 4. The zero-order valence-electron chi connectivity index (χ0n) is 9.48. The van der Waals surface area contributed by atoms with E-state index in [1.165, 1.54) is 0 Å². The highest BCUT2D eigenvalue weighted by atomic mass is 14.7. The van der Waals surface area contributed by atoms with Gasteiger partial charge in [0, 0.05) is 11.4 Å². The van der Waals surface area contributed by atoms with Crippen molar-refractivity contribution in [1.29, 1.82) is 0 Å². The van der Waals surface area contributed by atoms with Gasteiger partial charge in [-0.15, -0.1) is 0 Å². The normalized spacial score (nSPS) is 10.4. The van der Waals surface area contributed by atoms with Gasteiger partial charge in [-0.25, -0.2) is 0 Å². The van der Waals surface area contributed by atoms with Crippen LogP contribution in [0.15, 0.2) is 36.4 Å². The first-order chi connectivity index (χ1) is 8.06. The average molecular weight is 228 g/mol. The minimum atomic E-state index is 0.597. The molecule has 0 amide bonds. The molecule has 0 heterocycles. The smallest absolute Gasteiger partial charge is 0.0583 e. The predicted molar refractivity (Wildman–Crippen MR) is 73.3 cm³/mol. The number of hydrogen-bond acceptors (Lipinski definition) is 4. The Kier molecular flexibility index (Phi) is 2.78. The third kappa shape index (κ3) is 2.42. The summed E-state index contributed by atoms with van der Waals surface area (Å²) in [4.78, 5) is 0. The highest BCUT2D eigenvalue weighted by Gasteiger charge is 2.04. The zero-order valence-corrected chi connectivity index (χ0v) is 9.48. The quantitative estimate of drug-likeness (QED) is 0.586. The third-order valence-corrected chi connectivity index (χ3v) is 2.66. The second-order valence-corrected chi connectivity index (χ2v) is 4.10. The molecule has 4 heteroatoms. The maximum atomic E-state index is 5.92. The molecule has 0 saturated carbocycles. The maximum absolute atomic E-state index is 5.92. The van der Waals surface area contributed by atoms with Crippen LogP contribution in [0.4, 0.5) is 22.7 Å². The number of rotatable bonds is 2. The topological polar surface area (TPSA) is 104 Å². The lowest BCUT2D eigenvalue weighted by molar-refractivity contribution is 1.20. The lowest BCUT2D eigenvalue weighted by Crippen LogP contribution is -2.01. The van der Waals surface area contributed by atoms with E-state index in [2.05, 4.69) is 0 Å². The minimum Gasteiger partial charge on any atom is -0.399 e. The van der Waals surface area contributed by atoms with Gasteiger partial charge < -0.3 is 22.9 Å². The van der Waals surface area contributed by atoms with Crippen LogP contribution in [0.25, 0.3) is 0 Å². The summed E-state index contributed by atoms with van der Waals surface area (Å²) >= 11 is 0. The van der Waals surface area contributed by atoms with Gasteiger partial charge in [-0.1, -0.05) is 12.1 Å². The van der Waals surface area contributed by atoms with Crippen LogP contribution < -0.4 is 22.9 Å². The van der Waals surface area contributed by atoms with Crippen molar-refractivity contribution in [1.82, 2.24) is 0 Å². The standard InChI is InChI=1S/C13H16N4/c14-10-5-8(6-11(15)7-10)4-9-2-1-3-12(16)13(9)17/h1-3,5-7H,4,14-17H2. The van der Waals surface area contributed by atoms with E-state index in [9.17, 15) is 0 Å². The van der Waals surface area contributed by atoms with E-state index in [1.807, 2.05) is 24.3 Å². The molecule has 2 rings (SSSR count). The second-order valence-electron chi connectivity index (χ2n) is 4.10. The van der Waals surface area contributed by atoms with Gasteiger partial charge in [0.1, 0.15) is 0 Å². The fourth-order valence-electron chi connectivity index (χ4n) is 1.85. The van der Waals surface area contributed by atoms with Crippen LogP contribution >= 0.6 is 0 Å². The van der Waals surface area contributed by atoms with Crippen molar-refractivity contribution in [3.05, 3.63) is 47.5 Å². The molecule has 0 aliphatic carbocycles. The number of benzene rings is 2. The second kappa shape index (κ2) is 4.25. The molecule has 0 bridgehead atoms. The van der Waals surface area contributed by atoms with Gasteiger partial charge in [0.2, 0.25) is 0 Å². The van der Waals surface area contributed by atoms with Crippen LogP contribution in [-0.4, -0.2) is 0 Å². The highest BCUT2D eigenvalue weighted by Crippen LogP contribution is 2.24. The molecule has 4 nitrogen and oxygen atoms in total. The molecule has 0 aliphatic rings. The first-order valence-electron chi connectivity index (χ1n) is 5.34. The largest absolute Gasteiger partial charge is 0.399 e. The molecule has 2 aromatic rings. The number of hydrogen-bond donors (Lipinski definition) is 4. The molecule has 88 valence electrons. The molecular formula is C13H16N4. The van der Waals surface area contributed by atoms with E-state index in [0.717, 1.165) is 11.1 Å². The van der Waals surface area contributed by atoms with Crippen LogP contribution in [0.2, 0.25) is 0 Å². The summed E-state index contributed by atoms with van der Waals surface area (Å²) in [6.45, 7) is 0. The molecule has 0 spiro atoms. The van der Waals surface area contributed by atoms with Crippen molar-refractivity contribution in [2.24, 2.45) is 0 Å². The molecule has 0 aromatic heterocycles. The van der Waals surface area contributed by atoms with Crippen molar-refractivity contribution < 1.29 is 0 Å². The van der Waals surface area contributed by atoms with Gasteiger partial charge in [0.05, 0.1) is 11.4 Å². The Labute approximate surface area is 100 Å². The van der Waals surface area contributed by atoms with Gasteiger partial charge in [-0.3, -0.25) is 0 Å². The Morgan fingerprint density at radius 2 is 1.47 bits per heavy atom. The lowest BCUT2D eigenvalue weighted by atomic mass is 10.0. The van der Waals surface area contributed by atoms with E-state index in [0.29, 0.717) is 29.2 Å². The maximum Gasteiger partial charge on any atom is 0.0583 e. The average Bonchev–Trinajstić information content (AvgIpc) is 2.23. The summed E-state index contributed by atoms with van der Waals surface area (Å²) in [7, 11) is 0. The van der Waals surface area contributed by atoms with Gasteiger partial charge in [-0.05, 0) is 41.8 Å². The molecule has 0 aliphatic heterocycles. The Morgan fingerprint density at radius 1 is 0.824 bits per heavy atom. The summed E-state index contributed by atoms with van der Waals surface area (Å²) in [5.74, 6) is 0. The number of para-hydroxylation sites is 1. The first-order valence-corrected chi connectivity index (χ1v) is 5.34. The predicted octanol–water partition coefficient (Wildman–Crippen LogP) is 1.61. The first kappa shape index (κ1) is 11.1. The molecule has 17 heavy (non-hydrogen) atoms. The Balaban J connectivity index is 2.34. The summed E-state index contributed by atoms with van der Waals surface area (Å²) in [6.07, 6.45) is 0.673. The molecule has 0 radical (unpaired) electrons. The van der Waals surface area contributed by atoms with E-state index in [-0.39, 0.29) is 0 Å². The van der Waals surface area contributed by atoms with Gasteiger partial charge in [0.15, 0.2) is 0 Å². The summed E-state index contributed by atoms with van der Waals surface area (Å²) in [5.41, 5.74) is 27.7. The van der Waals surface area contributed by atoms with E-state index >= 15 is 0 Å². The summed E-state index contributed by atoms with van der Waals surface area (Å²) < 4.78 is 0. The Morgan fingerprint density at radius 3 is 2.12 bits per heavy atom. The number of anilines is 4. The number of nitrogen functional groups attached to an aromatic ring is 4. The van der Waals surface area contributed by atoms with Crippen molar-refractivity contribution in [2.75, 3.05) is 22.9 Å². The van der Waals surface area contributed by atoms with Crippen LogP contribution in [-0.2, 0) is 6.42 Å². The van der Waals surface area contributed by atoms with Crippen LogP contribution in [0.3, 0.4) is 0 Å². The molecule has 2 aromatic carbocycles. The van der Waals surface area contributed by atoms with Gasteiger partial charge in [-0.2, -0.15) is 0 Å². The Hall–Kier alpha value is -2.36. The van der Waals surface area contributed by atoms with E-state index < -0.39 is 0 Å². The van der Waals surface area contributed by atoms with Crippen molar-refractivity contribution >= 4 is 22.7 Å². The van der Waals surface area contributed by atoms with Crippen molar-refractivity contribution in [2.45, 2.75) is 6.42 Å². The zero-order chi connectivity index (χ0) is 12.4. The molecule has 0 fully saturated rings. The third-order valence-electron chi connectivity index (χ3n) is 2.66. The van der Waals surface area contributed by atoms with Crippen molar-refractivity contribution in [3.8, 4) is 0 Å². The van der Waals surface area contributed by atoms with E-state index in [4.69, 9.17) is 22.9 Å². The van der Waals surface area contributed by atoms with Crippen LogP contribution in [0.5, 0.6) is 0 Å². The van der Waals surface area contributed by atoms with Crippen LogP contribution in [0.1, 0.15) is 11.1 Å². The molecule has 0 atom stereocenters. The Bertz CT molecular complexity index is 529. The van der Waals surface area contributed by atoms with Crippen molar-refractivity contribution in [3.63, 3.8) is 0 Å².